The highest BCUT2D eigenvalue weighted by molar-refractivity contribution is 7.89. The van der Waals surface area contributed by atoms with E-state index in [9.17, 15) is 13.2 Å². The monoisotopic (exact) mass is 414 g/mol. The Balaban J connectivity index is 2.47. The average Bonchev–Trinajstić information content (AvgIpc) is 2.49. The van der Waals surface area contributed by atoms with Crippen LogP contribution in [0.4, 0.5) is 5.69 Å². The third-order valence-corrected chi connectivity index (χ3v) is 6.10. The van der Waals surface area contributed by atoms with Gasteiger partial charge in [0.25, 0.3) is 5.91 Å². The molecule has 0 fully saturated rings. The van der Waals surface area contributed by atoms with Gasteiger partial charge >= 0.3 is 0 Å². The third kappa shape index (κ3) is 4.57. The molecule has 2 aromatic carbocycles. The highest BCUT2D eigenvalue weighted by Crippen LogP contribution is 2.30. The number of amides is 1. The Hall–Kier alpha value is -1.60. The molecule has 2 aromatic rings. The zero-order valence-corrected chi connectivity index (χ0v) is 17.2. The van der Waals surface area contributed by atoms with Crippen molar-refractivity contribution < 1.29 is 13.2 Å². The maximum absolute atomic E-state index is 12.7. The van der Waals surface area contributed by atoms with Gasteiger partial charge in [-0.25, -0.2) is 13.1 Å². The van der Waals surface area contributed by atoms with Gasteiger partial charge in [0.05, 0.1) is 15.6 Å². The summed E-state index contributed by atoms with van der Waals surface area (Å²) < 4.78 is 27.3. The molecular weight excluding hydrogens is 395 g/mol. The molecule has 0 unspecified atom stereocenters. The minimum Gasteiger partial charge on any atom is -0.321 e. The molecule has 0 saturated heterocycles. The number of anilines is 1. The lowest BCUT2D eigenvalue weighted by atomic mass is 10.1. The smallest absolute Gasteiger partial charge is 0.257 e. The molecular formula is C18H20Cl2N2O3S. The largest absolute Gasteiger partial charge is 0.321 e. The molecule has 0 aromatic heterocycles. The number of para-hydroxylation sites is 1. The van der Waals surface area contributed by atoms with Crippen molar-refractivity contribution in [2.75, 3.05) is 5.32 Å². The molecule has 0 aliphatic carbocycles. The van der Waals surface area contributed by atoms with Gasteiger partial charge in [0.1, 0.15) is 4.90 Å². The first-order valence-corrected chi connectivity index (χ1v) is 10.2. The Kier molecular flexibility index (Phi) is 6.34. The van der Waals surface area contributed by atoms with Crippen molar-refractivity contribution in [3.05, 3.63) is 57.1 Å². The molecule has 0 bridgehead atoms. The van der Waals surface area contributed by atoms with E-state index in [2.05, 4.69) is 10.0 Å². The molecule has 0 spiro atoms. The van der Waals surface area contributed by atoms with E-state index in [1.807, 2.05) is 32.0 Å². The fourth-order valence-electron chi connectivity index (χ4n) is 2.48. The maximum Gasteiger partial charge on any atom is 0.257 e. The number of aryl methyl sites for hydroxylation is 2. The molecule has 1 amide bonds. The Morgan fingerprint density at radius 3 is 2.15 bits per heavy atom. The molecule has 0 radical (unpaired) electrons. The van der Waals surface area contributed by atoms with Crippen LogP contribution in [-0.4, -0.2) is 20.4 Å². The summed E-state index contributed by atoms with van der Waals surface area (Å²) in [5, 5.41) is 2.82. The van der Waals surface area contributed by atoms with Gasteiger partial charge in [-0.15, -0.1) is 0 Å². The van der Waals surface area contributed by atoms with E-state index < -0.39 is 15.9 Å². The number of carbonyl (C=O) groups is 1. The molecule has 0 aliphatic rings. The highest BCUT2D eigenvalue weighted by atomic mass is 35.5. The van der Waals surface area contributed by atoms with Crippen LogP contribution in [0.2, 0.25) is 10.0 Å². The molecule has 0 heterocycles. The number of halogens is 2. The van der Waals surface area contributed by atoms with Crippen molar-refractivity contribution >= 4 is 44.8 Å². The van der Waals surface area contributed by atoms with E-state index in [1.54, 1.807) is 13.8 Å². The average molecular weight is 415 g/mol. The third-order valence-electron chi connectivity index (χ3n) is 3.67. The fraction of sp³-hybridized carbons (Fsp3) is 0.278. The van der Waals surface area contributed by atoms with Crippen LogP contribution < -0.4 is 10.0 Å². The van der Waals surface area contributed by atoms with Gasteiger partial charge in [0.2, 0.25) is 10.0 Å². The zero-order chi connectivity index (χ0) is 19.6. The van der Waals surface area contributed by atoms with Crippen molar-refractivity contribution in [3.8, 4) is 0 Å². The van der Waals surface area contributed by atoms with Crippen LogP contribution in [0.25, 0.3) is 0 Å². The number of benzene rings is 2. The predicted molar refractivity (Wildman–Crippen MR) is 106 cm³/mol. The van der Waals surface area contributed by atoms with Crippen LogP contribution in [0.15, 0.2) is 35.2 Å². The molecule has 0 saturated carbocycles. The lowest BCUT2D eigenvalue weighted by molar-refractivity contribution is 0.102. The normalized spacial score (nSPS) is 11.7. The van der Waals surface area contributed by atoms with Crippen LogP contribution >= 0.6 is 23.2 Å². The zero-order valence-electron chi connectivity index (χ0n) is 14.9. The summed E-state index contributed by atoms with van der Waals surface area (Å²) in [6.07, 6.45) is 0. The van der Waals surface area contributed by atoms with Crippen LogP contribution in [0.1, 0.15) is 35.3 Å². The molecule has 8 heteroatoms. The number of hydrogen-bond donors (Lipinski definition) is 2. The summed E-state index contributed by atoms with van der Waals surface area (Å²) in [5.74, 6) is -0.509. The van der Waals surface area contributed by atoms with E-state index >= 15 is 0 Å². The van der Waals surface area contributed by atoms with E-state index in [4.69, 9.17) is 23.2 Å². The first-order chi connectivity index (χ1) is 12.0. The number of nitrogens with one attached hydrogen (secondary N) is 2. The SMILES string of the molecule is Cc1cccc(C)c1NC(=O)c1cc(S(=O)(=O)NC(C)C)c(Cl)cc1Cl. The molecule has 26 heavy (non-hydrogen) atoms. The summed E-state index contributed by atoms with van der Waals surface area (Å²) in [4.78, 5) is 12.5. The Labute approximate surface area is 163 Å². The second-order valence-corrected chi connectivity index (χ2v) is 8.76. The van der Waals surface area contributed by atoms with Gasteiger partial charge in [0.15, 0.2) is 0 Å². The van der Waals surface area contributed by atoms with Gasteiger partial charge in [-0.1, -0.05) is 41.4 Å². The van der Waals surface area contributed by atoms with E-state index in [-0.39, 0.29) is 26.5 Å². The standard InChI is InChI=1S/C18H20Cl2N2O3S/c1-10(2)22-26(24,25)16-8-13(14(19)9-15(16)20)18(23)21-17-11(3)6-5-7-12(17)4/h5-10,22H,1-4H3,(H,21,23). The fourth-order valence-corrected chi connectivity index (χ4v) is 4.59. The van der Waals surface area contributed by atoms with Crippen molar-refractivity contribution in [1.29, 1.82) is 0 Å². The summed E-state index contributed by atoms with van der Waals surface area (Å²) in [6, 6.07) is 7.76. The second-order valence-electron chi connectivity index (χ2n) is 6.26. The van der Waals surface area contributed by atoms with E-state index in [1.165, 1.54) is 12.1 Å². The van der Waals surface area contributed by atoms with Gasteiger partial charge in [-0.2, -0.15) is 0 Å². The quantitative estimate of drug-likeness (QED) is 0.753. The molecule has 2 N–H and O–H groups in total. The molecule has 0 atom stereocenters. The van der Waals surface area contributed by atoms with Crippen molar-refractivity contribution in [2.45, 2.75) is 38.6 Å². The van der Waals surface area contributed by atoms with Gasteiger partial charge < -0.3 is 5.32 Å². The minimum absolute atomic E-state index is 0.0304. The first kappa shape index (κ1) is 20.7. The molecule has 0 aliphatic heterocycles. The lowest BCUT2D eigenvalue weighted by Crippen LogP contribution is -2.30. The summed E-state index contributed by atoms with van der Waals surface area (Å²) in [5.41, 5.74) is 2.46. The van der Waals surface area contributed by atoms with Crippen LogP contribution in [0, 0.1) is 13.8 Å². The van der Waals surface area contributed by atoms with Crippen molar-refractivity contribution in [1.82, 2.24) is 4.72 Å². The number of sulfonamides is 1. The van der Waals surface area contributed by atoms with Gasteiger partial charge in [-0.3, -0.25) is 4.79 Å². The molecule has 5 nitrogen and oxygen atoms in total. The Morgan fingerprint density at radius 2 is 1.62 bits per heavy atom. The van der Waals surface area contributed by atoms with Crippen LogP contribution in [-0.2, 0) is 10.0 Å². The van der Waals surface area contributed by atoms with Gasteiger partial charge in [0, 0.05) is 11.7 Å². The van der Waals surface area contributed by atoms with Gasteiger partial charge in [-0.05, 0) is 51.0 Å². The van der Waals surface area contributed by atoms with Crippen LogP contribution in [0.5, 0.6) is 0 Å². The lowest BCUT2D eigenvalue weighted by Gasteiger charge is -2.15. The predicted octanol–water partition coefficient (Wildman–Crippen LogP) is 4.55. The minimum atomic E-state index is -3.87. The van der Waals surface area contributed by atoms with Crippen molar-refractivity contribution in [3.63, 3.8) is 0 Å². The topological polar surface area (TPSA) is 75.3 Å². The summed E-state index contributed by atoms with van der Waals surface area (Å²) >= 11 is 12.2. The van der Waals surface area contributed by atoms with E-state index in [0.29, 0.717) is 5.69 Å². The Morgan fingerprint density at radius 1 is 1.04 bits per heavy atom. The number of hydrogen-bond acceptors (Lipinski definition) is 3. The summed E-state index contributed by atoms with van der Waals surface area (Å²) in [7, 11) is -3.87. The second kappa shape index (κ2) is 7.96. The summed E-state index contributed by atoms with van der Waals surface area (Å²) in [6.45, 7) is 7.12. The molecule has 2 rings (SSSR count). The number of carbonyl (C=O) groups excluding carboxylic acids is 1. The van der Waals surface area contributed by atoms with E-state index in [0.717, 1.165) is 11.1 Å². The maximum atomic E-state index is 12.7. The molecule has 140 valence electrons. The first-order valence-electron chi connectivity index (χ1n) is 7.92. The van der Waals surface area contributed by atoms with Crippen LogP contribution in [0.3, 0.4) is 0 Å². The highest BCUT2D eigenvalue weighted by Gasteiger charge is 2.23. The number of rotatable bonds is 5. The Bertz CT molecular complexity index is 937. The van der Waals surface area contributed by atoms with Crippen molar-refractivity contribution in [2.24, 2.45) is 0 Å².